The van der Waals surface area contributed by atoms with E-state index in [9.17, 15) is 0 Å². The summed E-state index contributed by atoms with van der Waals surface area (Å²) in [5, 5.41) is 9.67. The van der Waals surface area contributed by atoms with E-state index in [2.05, 4.69) is 34.5 Å². The first-order chi connectivity index (χ1) is 8.60. The van der Waals surface area contributed by atoms with Gasteiger partial charge >= 0.3 is 0 Å². The maximum Gasteiger partial charge on any atom is 0.102 e. The Balaban J connectivity index is 2.21. The molecule has 0 aliphatic heterocycles. The Morgan fingerprint density at radius 3 is 2.78 bits per heavy atom. The van der Waals surface area contributed by atoms with Crippen molar-refractivity contribution in [3.63, 3.8) is 0 Å². The summed E-state index contributed by atoms with van der Waals surface area (Å²) < 4.78 is 1.88. The van der Waals surface area contributed by atoms with Crippen molar-refractivity contribution in [2.24, 2.45) is 7.05 Å². The van der Waals surface area contributed by atoms with E-state index in [1.807, 2.05) is 38.0 Å². The molecule has 0 saturated heterocycles. The molecule has 2 heterocycles. The van der Waals surface area contributed by atoms with Crippen LogP contribution in [0.1, 0.15) is 24.2 Å². The molecule has 1 unspecified atom stereocenters. The van der Waals surface area contributed by atoms with Crippen molar-refractivity contribution in [1.82, 2.24) is 20.1 Å². The van der Waals surface area contributed by atoms with Crippen molar-refractivity contribution in [2.45, 2.75) is 29.9 Å². The average molecular weight is 262 g/mol. The van der Waals surface area contributed by atoms with Crippen molar-refractivity contribution in [2.75, 3.05) is 7.05 Å². The van der Waals surface area contributed by atoms with E-state index < -0.39 is 0 Å². The fourth-order valence-corrected chi connectivity index (χ4v) is 2.63. The Kier molecular flexibility index (Phi) is 4.04. The molecule has 0 aliphatic rings. The lowest BCUT2D eigenvalue weighted by Gasteiger charge is -2.11. The SMILES string of the molecule is CNC(C)c1ccnc(Sc2cc(C)nn2C)c1. The Labute approximate surface area is 112 Å². The summed E-state index contributed by atoms with van der Waals surface area (Å²) >= 11 is 1.64. The van der Waals surface area contributed by atoms with Gasteiger partial charge in [-0.15, -0.1) is 0 Å². The number of nitrogens with zero attached hydrogens (tertiary/aromatic N) is 3. The van der Waals surface area contributed by atoms with E-state index in [0.717, 1.165) is 15.7 Å². The molecule has 2 rings (SSSR count). The molecular weight excluding hydrogens is 244 g/mol. The van der Waals surface area contributed by atoms with Crippen LogP contribution in [-0.2, 0) is 7.05 Å². The number of aryl methyl sites for hydroxylation is 2. The van der Waals surface area contributed by atoms with Crippen molar-refractivity contribution in [3.8, 4) is 0 Å². The Hall–Kier alpha value is -1.33. The van der Waals surface area contributed by atoms with E-state index in [1.165, 1.54) is 5.56 Å². The van der Waals surface area contributed by atoms with Crippen LogP contribution in [0, 0.1) is 6.92 Å². The summed E-state index contributed by atoms with van der Waals surface area (Å²) in [7, 11) is 3.91. The van der Waals surface area contributed by atoms with Crippen molar-refractivity contribution >= 4 is 11.8 Å². The topological polar surface area (TPSA) is 42.7 Å². The van der Waals surface area contributed by atoms with Crippen molar-refractivity contribution < 1.29 is 0 Å². The van der Waals surface area contributed by atoms with Crippen molar-refractivity contribution in [1.29, 1.82) is 0 Å². The predicted octanol–water partition coefficient (Wildman–Crippen LogP) is 2.56. The molecule has 2 aromatic heterocycles. The van der Waals surface area contributed by atoms with Crippen molar-refractivity contribution in [3.05, 3.63) is 35.7 Å². The third-order valence-electron chi connectivity index (χ3n) is 2.86. The number of hydrogen-bond acceptors (Lipinski definition) is 4. The molecule has 1 N–H and O–H groups in total. The molecule has 1 atom stereocenters. The first-order valence-corrected chi connectivity index (χ1v) is 6.73. The lowest BCUT2D eigenvalue weighted by Crippen LogP contribution is -2.12. The molecule has 0 aliphatic carbocycles. The molecule has 0 amide bonds. The van der Waals surface area contributed by atoms with Gasteiger partial charge in [-0.25, -0.2) is 4.98 Å². The highest BCUT2D eigenvalue weighted by Gasteiger charge is 2.08. The molecule has 0 radical (unpaired) electrons. The average Bonchev–Trinajstić information content (AvgIpc) is 2.67. The maximum absolute atomic E-state index is 4.40. The fraction of sp³-hybridized carbons (Fsp3) is 0.385. The van der Waals surface area contributed by atoms with E-state index in [1.54, 1.807) is 11.8 Å². The molecule has 0 bridgehead atoms. The van der Waals surface area contributed by atoms with Crippen LogP contribution >= 0.6 is 11.8 Å². The summed E-state index contributed by atoms with van der Waals surface area (Å²) in [6, 6.07) is 6.56. The van der Waals surface area contributed by atoms with Crippen LogP contribution in [0.4, 0.5) is 0 Å². The van der Waals surface area contributed by atoms with Gasteiger partial charge in [-0.05, 0) is 44.7 Å². The standard InChI is InChI=1S/C13H18N4S/c1-9-7-13(17(4)16-9)18-12-8-11(5-6-15-12)10(2)14-3/h5-8,10,14H,1-4H3. The van der Waals surface area contributed by atoms with Crippen LogP contribution in [0.15, 0.2) is 34.4 Å². The van der Waals surface area contributed by atoms with E-state index in [-0.39, 0.29) is 0 Å². The maximum atomic E-state index is 4.40. The number of nitrogens with one attached hydrogen (secondary N) is 1. The highest BCUT2D eigenvalue weighted by atomic mass is 32.2. The van der Waals surface area contributed by atoms with Crippen LogP contribution in [0.3, 0.4) is 0 Å². The minimum Gasteiger partial charge on any atom is -0.313 e. The molecule has 96 valence electrons. The zero-order chi connectivity index (χ0) is 13.1. The quantitative estimate of drug-likeness (QED) is 0.919. The van der Waals surface area contributed by atoms with Gasteiger partial charge in [0.2, 0.25) is 0 Å². The van der Waals surface area contributed by atoms with E-state index in [0.29, 0.717) is 6.04 Å². The van der Waals surface area contributed by atoms with Crippen LogP contribution in [0.5, 0.6) is 0 Å². The van der Waals surface area contributed by atoms with Crippen LogP contribution < -0.4 is 5.32 Å². The summed E-state index contributed by atoms with van der Waals surface area (Å²) in [6.45, 7) is 4.13. The molecule has 18 heavy (non-hydrogen) atoms. The monoisotopic (exact) mass is 262 g/mol. The van der Waals surface area contributed by atoms with Crippen LogP contribution in [0.2, 0.25) is 0 Å². The third kappa shape index (κ3) is 2.91. The first-order valence-electron chi connectivity index (χ1n) is 5.92. The minimum absolute atomic E-state index is 0.334. The summed E-state index contributed by atoms with van der Waals surface area (Å²) in [4.78, 5) is 4.40. The van der Waals surface area contributed by atoms with Gasteiger partial charge in [0.1, 0.15) is 10.1 Å². The number of hydrogen-bond donors (Lipinski definition) is 1. The van der Waals surface area contributed by atoms with Gasteiger partial charge < -0.3 is 5.32 Å². The number of aromatic nitrogens is 3. The van der Waals surface area contributed by atoms with Crippen LogP contribution in [-0.4, -0.2) is 21.8 Å². The highest BCUT2D eigenvalue weighted by molar-refractivity contribution is 7.99. The first kappa shape index (κ1) is 13.1. The lowest BCUT2D eigenvalue weighted by molar-refractivity contribution is 0.648. The van der Waals surface area contributed by atoms with Crippen LogP contribution in [0.25, 0.3) is 0 Å². The second kappa shape index (κ2) is 5.54. The molecule has 4 nitrogen and oxygen atoms in total. The minimum atomic E-state index is 0.334. The second-order valence-electron chi connectivity index (χ2n) is 4.29. The Morgan fingerprint density at radius 1 is 1.39 bits per heavy atom. The Morgan fingerprint density at radius 2 is 2.17 bits per heavy atom. The third-order valence-corrected chi connectivity index (χ3v) is 3.88. The van der Waals surface area contributed by atoms with Gasteiger partial charge in [0.15, 0.2) is 0 Å². The van der Waals surface area contributed by atoms with E-state index >= 15 is 0 Å². The van der Waals surface area contributed by atoms with Gasteiger partial charge in [0.05, 0.1) is 5.69 Å². The smallest absolute Gasteiger partial charge is 0.102 e. The summed E-state index contributed by atoms with van der Waals surface area (Å²) in [6.07, 6.45) is 1.86. The molecule has 2 aromatic rings. The molecular formula is C13H18N4S. The molecule has 0 saturated carbocycles. The molecule has 5 heteroatoms. The fourth-order valence-electron chi connectivity index (χ4n) is 1.71. The zero-order valence-electron chi connectivity index (χ0n) is 11.1. The molecule has 0 spiro atoms. The molecule has 0 aromatic carbocycles. The Bertz CT molecular complexity index is 536. The van der Waals surface area contributed by atoms with Gasteiger partial charge in [-0.1, -0.05) is 11.8 Å². The number of pyridine rings is 1. The second-order valence-corrected chi connectivity index (χ2v) is 5.33. The normalized spacial score (nSPS) is 12.7. The lowest BCUT2D eigenvalue weighted by atomic mass is 10.1. The largest absolute Gasteiger partial charge is 0.313 e. The molecule has 0 fully saturated rings. The van der Waals surface area contributed by atoms with Gasteiger partial charge in [-0.3, -0.25) is 4.68 Å². The zero-order valence-corrected chi connectivity index (χ0v) is 12.0. The predicted molar refractivity (Wildman–Crippen MR) is 73.8 cm³/mol. The van der Waals surface area contributed by atoms with Gasteiger partial charge in [0.25, 0.3) is 0 Å². The summed E-state index contributed by atoms with van der Waals surface area (Å²) in [5.74, 6) is 0. The number of rotatable bonds is 4. The summed E-state index contributed by atoms with van der Waals surface area (Å²) in [5.41, 5.74) is 2.27. The highest BCUT2D eigenvalue weighted by Crippen LogP contribution is 2.27. The van der Waals surface area contributed by atoms with E-state index in [4.69, 9.17) is 0 Å². The van der Waals surface area contributed by atoms with Gasteiger partial charge in [0, 0.05) is 19.3 Å². The van der Waals surface area contributed by atoms with Gasteiger partial charge in [-0.2, -0.15) is 5.10 Å².